The Morgan fingerprint density at radius 1 is 1.15 bits per heavy atom. The predicted octanol–water partition coefficient (Wildman–Crippen LogP) is 3.99. The third-order valence-electron chi connectivity index (χ3n) is 5.66. The molecule has 1 heterocycles. The van der Waals surface area contributed by atoms with Gasteiger partial charge >= 0.3 is 0 Å². The first kappa shape index (κ1) is 18.5. The number of carbonyl (C=O) groups is 1. The summed E-state index contributed by atoms with van der Waals surface area (Å²) < 4.78 is 2.20. The molecule has 0 aliphatic heterocycles. The van der Waals surface area contributed by atoms with Gasteiger partial charge in [-0.05, 0) is 37.2 Å². The number of carbonyl (C=O) groups excluding carboxylic acids is 1. The highest BCUT2D eigenvalue weighted by Crippen LogP contribution is 2.40. The van der Waals surface area contributed by atoms with Gasteiger partial charge in [0.25, 0.3) is 0 Å². The molecule has 1 aromatic carbocycles. The molecule has 2 aromatic rings. The lowest BCUT2D eigenvalue weighted by Crippen LogP contribution is -2.41. The monoisotopic (exact) mass is 384 g/mol. The average Bonchev–Trinajstić information content (AvgIpc) is 3.45. The molecule has 27 heavy (non-hydrogen) atoms. The van der Waals surface area contributed by atoms with Gasteiger partial charge in [0.15, 0.2) is 5.16 Å². The smallest absolute Gasteiger partial charge is 0.230 e. The minimum Gasteiger partial charge on any atom is -0.352 e. The van der Waals surface area contributed by atoms with E-state index in [1.54, 1.807) is 0 Å². The van der Waals surface area contributed by atoms with E-state index in [0.29, 0.717) is 23.6 Å². The molecule has 2 fully saturated rings. The average molecular weight is 385 g/mol. The van der Waals surface area contributed by atoms with E-state index in [4.69, 9.17) is 0 Å². The summed E-state index contributed by atoms with van der Waals surface area (Å²) in [6.07, 6.45) is 7.21. The fourth-order valence-electron chi connectivity index (χ4n) is 3.87. The Kier molecular flexibility index (Phi) is 5.81. The standard InChI is InChI=1S/C21H28N4OS/c1-15-7-5-6-10-18(15)22-19(26)14-27-21-24-23-20(17-11-12-17)25(21)13-16-8-3-2-4-9-16/h2-4,8-9,15,17-18H,5-7,10-14H2,1H3,(H,22,26)/t15-,18-/m0/s1. The van der Waals surface area contributed by atoms with Gasteiger partial charge in [-0.2, -0.15) is 0 Å². The van der Waals surface area contributed by atoms with Gasteiger partial charge in [-0.1, -0.05) is 61.9 Å². The normalized spacial score (nSPS) is 22.6. The van der Waals surface area contributed by atoms with Crippen molar-refractivity contribution in [1.29, 1.82) is 0 Å². The molecule has 1 N–H and O–H groups in total. The van der Waals surface area contributed by atoms with E-state index in [9.17, 15) is 4.79 Å². The molecule has 144 valence electrons. The van der Waals surface area contributed by atoms with Crippen molar-refractivity contribution in [2.75, 3.05) is 5.75 Å². The van der Waals surface area contributed by atoms with Crippen LogP contribution in [0, 0.1) is 5.92 Å². The van der Waals surface area contributed by atoms with Gasteiger partial charge in [-0.25, -0.2) is 0 Å². The molecule has 0 bridgehead atoms. The van der Waals surface area contributed by atoms with E-state index in [2.05, 4.69) is 51.3 Å². The van der Waals surface area contributed by atoms with Crippen LogP contribution in [0.4, 0.5) is 0 Å². The molecule has 1 amide bonds. The summed E-state index contributed by atoms with van der Waals surface area (Å²) in [4.78, 5) is 12.5. The van der Waals surface area contributed by atoms with Crippen LogP contribution in [0.3, 0.4) is 0 Å². The van der Waals surface area contributed by atoms with Crippen molar-refractivity contribution in [2.24, 2.45) is 5.92 Å². The number of hydrogen-bond donors (Lipinski definition) is 1. The third kappa shape index (κ3) is 4.72. The zero-order valence-corrected chi connectivity index (χ0v) is 16.8. The maximum absolute atomic E-state index is 12.5. The van der Waals surface area contributed by atoms with E-state index >= 15 is 0 Å². The lowest BCUT2D eigenvalue weighted by Gasteiger charge is -2.29. The van der Waals surface area contributed by atoms with Crippen molar-refractivity contribution in [3.05, 3.63) is 41.7 Å². The Labute approximate surface area is 165 Å². The van der Waals surface area contributed by atoms with Crippen molar-refractivity contribution in [3.63, 3.8) is 0 Å². The lowest BCUT2D eigenvalue weighted by atomic mass is 9.86. The number of benzene rings is 1. The minimum absolute atomic E-state index is 0.112. The second-order valence-corrected chi connectivity index (χ2v) is 8.85. The van der Waals surface area contributed by atoms with Gasteiger partial charge in [0, 0.05) is 12.0 Å². The van der Waals surface area contributed by atoms with Gasteiger partial charge in [0.05, 0.1) is 12.3 Å². The lowest BCUT2D eigenvalue weighted by molar-refractivity contribution is -0.119. The molecule has 2 atom stereocenters. The molecule has 5 nitrogen and oxygen atoms in total. The number of hydrogen-bond acceptors (Lipinski definition) is 4. The molecule has 2 aliphatic carbocycles. The van der Waals surface area contributed by atoms with Crippen molar-refractivity contribution in [3.8, 4) is 0 Å². The minimum atomic E-state index is 0.112. The molecule has 0 unspecified atom stereocenters. The van der Waals surface area contributed by atoms with E-state index < -0.39 is 0 Å². The molecule has 0 radical (unpaired) electrons. The van der Waals surface area contributed by atoms with Gasteiger partial charge in [-0.3, -0.25) is 4.79 Å². The molecule has 4 rings (SSSR count). The highest BCUT2D eigenvalue weighted by atomic mass is 32.2. The Balaban J connectivity index is 1.40. The second-order valence-electron chi connectivity index (χ2n) is 7.91. The summed E-state index contributed by atoms with van der Waals surface area (Å²) in [5, 5.41) is 12.9. The number of aromatic nitrogens is 3. The maximum Gasteiger partial charge on any atom is 0.230 e. The van der Waals surface area contributed by atoms with Gasteiger partial charge < -0.3 is 9.88 Å². The van der Waals surface area contributed by atoms with Crippen LogP contribution >= 0.6 is 11.8 Å². The molecule has 2 saturated carbocycles. The van der Waals surface area contributed by atoms with Crippen LogP contribution in [-0.2, 0) is 11.3 Å². The van der Waals surface area contributed by atoms with Crippen LogP contribution in [0.25, 0.3) is 0 Å². The van der Waals surface area contributed by atoms with Crippen molar-refractivity contribution in [2.45, 2.75) is 69.1 Å². The van der Waals surface area contributed by atoms with Crippen LogP contribution in [-0.4, -0.2) is 32.5 Å². The van der Waals surface area contributed by atoms with E-state index in [1.165, 1.54) is 49.4 Å². The van der Waals surface area contributed by atoms with E-state index in [-0.39, 0.29) is 5.91 Å². The van der Waals surface area contributed by atoms with Gasteiger partial charge in [0.1, 0.15) is 5.82 Å². The number of nitrogens with one attached hydrogen (secondary N) is 1. The number of thioether (sulfide) groups is 1. The molecule has 0 saturated heterocycles. The summed E-state index contributed by atoms with van der Waals surface area (Å²) in [5.74, 6) is 2.70. The largest absolute Gasteiger partial charge is 0.352 e. The molecule has 0 spiro atoms. The first-order valence-corrected chi connectivity index (χ1v) is 11.1. The molecule has 1 aromatic heterocycles. The number of amides is 1. The Morgan fingerprint density at radius 2 is 1.93 bits per heavy atom. The summed E-state index contributed by atoms with van der Waals surface area (Å²) in [6, 6.07) is 10.7. The van der Waals surface area contributed by atoms with E-state index in [1.807, 2.05) is 6.07 Å². The summed E-state index contributed by atoms with van der Waals surface area (Å²) >= 11 is 1.51. The number of nitrogens with zero attached hydrogens (tertiary/aromatic N) is 3. The Hall–Kier alpha value is -1.82. The molecular weight excluding hydrogens is 356 g/mol. The molecule has 6 heteroatoms. The van der Waals surface area contributed by atoms with Crippen LogP contribution in [0.15, 0.2) is 35.5 Å². The fourth-order valence-corrected chi connectivity index (χ4v) is 4.63. The third-order valence-corrected chi connectivity index (χ3v) is 6.63. The summed E-state index contributed by atoms with van der Waals surface area (Å²) in [6.45, 7) is 3.01. The van der Waals surface area contributed by atoms with Crippen molar-refractivity contribution in [1.82, 2.24) is 20.1 Å². The zero-order valence-electron chi connectivity index (χ0n) is 15.9. The van der Waals surface area contributed by atoms with Gasteiger partial charge in [-0.15, -0.1) is 10.2 Å². The summed E-state index contributed by atoms with van der Waals surface area (Å²) in [5.41, 5.74) is 1.24. The summed E-state index contributed by atoms with van der Waals surface area (Å²) in [7, 11) is 0. The van der Waals surface area contributed by atoms with Crippen LogP contribution in [0.1, 0.15) is 62.8 Å². The Bertz CT molecular complexity index is 772. The second kappa shape index (κ2) is 8.46. The predicted molar refractivity (Wildman–Crippen MR) is 108 cm³/mol. The highest BCUT2D eigenvalue weighted by Gasteiger charge is 2.30. The Morgan fingerprint density at radius 3 is 2.67 bits per heavy atom. The van der Waals surface area contributed by atoms with Crippen LogP contribution in [0.5, 0.6) is 0 Å². The maximum atomic E-state index is 12.5. The molecule has 2 aliphatic rings. The first-order chi connectivity index (χ1) is 13.2. The van der Waals surface area contributed by atoms with Crippen molar-refractivity contribution < 1.29 is 4.79 Å². The van der Waals surface area contributed by atoms with Crippen LogP contribution in [0.2, 0.25) is 0 Å². The van der Waals surface area contributed by atoms with Crippen molar-refractivity contribution >= 4 is 17.7 Å². The van der Waals surface area contributed by atoms with Gasteiger partial charge in [0.2, 0.25) is 5.91 Å². The fraction of sp³-hybridized carbons (Fsp3) is 0.571. The van der Waals surface area contributed by atoms with E-state index in [0.717, 1.165) is 23.9 Å². The van der Waals surface area contributed by atoms with Crippen LogP contribution < -0.4 is 5.32 Å². The zero-order chi connectivity index (χ0) is 18.6. The first-order valence-electron chi connectivity index (χ1n) is 10.1. The highest BCUT2D eigenvalue weighted by molar-refractivity contribution is 7.99. The number of rotatable bonds is 7. The SMILES string of the molecule is C[C@H]1CCCC[C@@H]1NC(=O)CSc1nnc(C2CC2)n1Cc1ccccc1. The quantitative estimate of drug-likeness (QED) is 0.733. The topological polar surface area (TPSA) is 59.8 Å². The molecular formula is C21H28N4OS.